The first-order valence-corrected chi connectivity index (χ1v) is 5.47. The first kappa shape index (κ1) is 11.5. The number of nitrogens with one attached hydrogen (secondary N) is 1. The summed E-state index contributed by atoms with van der Waals surface area (Å²) >= 11 is 0. The fourth-order valence-electron chi connectivity index (χ4n) is 1.43. The van der Waals surface area contributed by atoms with Crippen LogP contribution in [0, 0.1) is 0 Å². The van der Waals surface area contributed by atoms with E-state index in [0.29, 0.717) is 13.2 Å². The Morgan fingerprint density at radius 3 is 2.79 bits per heavy atom. The Bertz CT molecular complexity index is 168. The summed E-state index contributed by atoms with van der Waals surface area (Å²) in [6, 6.07) is 0. The number of carbonyl (C=O) groups is 1. The molecule has 0 amide bonds. The number of nitrogens with zero attached hydrogens (tertiary/aromatic N) is 1. The number of hydrogen-bond acceptors (Lipinski definition) is 4. The third-order valence-corrected chi connectivity index (χ3v) is 2.31. The van der Waals surface area contributed by atoms with E-state index in [2.05, 4.69) is 17.4 Å². The molecule has 0 atom stereocenters. The summed E-state index contributed by atoms with van der Waals surface area (Å²) in [5.74, 6) is -0.148. The average Bonchev–Trinajstić information content (AvgIpc) is 2.68. The third-order valence-electron chi connectivity index (χ3n) is 2.31. The normalized spacial score (nSPS) is 17.2. The van der Waals surface area contributed by atoms with E-state index in [0.717, 1.165) is 25.9 Å². The summed E-state index contributed by atoms with van der Waals surface area (Å²) in [7, 11) is 0. The molecule has 0 bridgehead atoms. The molecule has 1 saturated heterocycles. The van der Waals surface area contributed by atoms with Crippen LogP contribution < -0.4 is 5.43 Å². The van der Waals surface area contributed by atoms with Crippen molar-refractivity contribution in [2.75, 3.05) is 26.2 Å². The molecule has 1 fully saturated rings. The van der Waals surface area contributed by atoms with Crippen LogP contribution in [0.2, 0.25) is 0 Å². The monoisotopic (exact) mass is 200 g/mol. The third kappa shape index (κ3) is 4.58. The van der Waals surface area contributed by atoms with Gasteiger partial charge in [0.1, 0.15) is 6.54 Å². The van der Waals surface area contributed by atoms with Gasteiger partial charge in [-0.05, 0) is 19.3 Å². The first-order valence-electron chi connectivity index (χ1n) is 5.47. The number of ether oxygens (including phenoxy) is 1. The molecule has 14 heavy (non-hydrogen) atoms. The van der Waals surface area contributed by atoms with Crippen molar-refractivity contribution in [3.05, 3.63) is 0 Å². The van der Waals surface area contributed by atoms with Crippen molar-refractivity contribution in [1.29, 1.82) is 0 Å². The topological polar surface area (TPSA) is 41.6 Å². The second-order valence-corrected chi connectivity index (χ2v) is 3.60. The second-order valence-electron chi connectivity index (χ2n) is 3.60. The van der Waals surface area contributed by atoms with Gasteiger partial charge in [-0.15, -0.1) is 0 Å². The van der Waals surface area contributed by atoms with Crippen molar-refractivity contribution in [1.82, 2.24) is 10.4 Å². The molecule has 0 aromatic carbocycles. The first-order chi connectivity index (χ1) is 6.83. The quantitative estimate of drug-likeness (QED) is 0.511. The Morgan fingerprint density at radius 2 is 2.14 bits per heavy atom. The van der Waals surface area contributed by atoms with Crippen LogP contribution in [-0.4, -0.2) is 37.2 Å². The summed E-state index contributed by atoms with van der Waals surface area (Å²) in [4.78, 5) is 11.2. The van der Waals surface area contributed by atoms with E-state index in [1.165, 1.54) is 12.8 Å². The molecule has 0 saturated carbocycles. The summed E-state index contributed by atoms with van der Waals surface area (Å²) in [5, 5.41) is 2.08. The smallest absolute Gasteiger partial charge is 0.321 e. The van der Waals surface area contributed by atoms with Gasteiger partial charge in [-0.2, -0.15) is 0 Å². The Hall–Kier alpha value is -0.610. The minimum Gasteiger partial charge on any atom is -0.465 e. The number of carbonyl (C=O) groups excluding carboxylic acids is 1. The standard InChI is InChI=1S/C10H20N2O2/c1-2-3-8-14-10(13)9-11-12-6-4-5-7-12/h11H,2-9H2,1H3. The maximum absolute atomic E-state index is 11.2. The van der Waals surface area contributed by atoms with E-state index in [1.54, 1.807) is 0 Å². The highest BCUT2D eigenvalue weighted by atomic mass is 16.5. The summed E-state index contributed by atoms with van der Waals surface area (Å²) in [5.41, 5.74) is 3.07. The zero-order valence-corrected chi connectivity index (χ0v) is 8.92. The lowest BCUT2D eigenvalue weighted by Crippen LogP contribution is -2.39. The van der Waals surface area contributed by atoms with Gasteiger partial charge in [0.2, 0.25) is 0 Å². The van der Waals surface area contributed by atoms with Gasteiger partial charge in [0.05, 0.1) is 6.61 Å². The Balaban J connectivity index is 1.96. The fraction of sp³-hybridized carbons (Fsp3) is 0.900. The predicted octanol–water partition coefficient (Wildman–Crippen LogP) is 0.930. The van der Waals surface area contributed by atoms with Crippen LogP contribution in [0.3, 0.4) is 0 Å². The van der Waals surface area contributed by atoms with Gasteiger partial charge in [0.15, 0.2) is 0 Å². The number of rotatable bonds is 6. The lowest BCUT2D eigenvalue weighted by molar-refractivity contribution is -0.143. The van der Waals surface area contributed by atoms with Crippen molar-refractivity contribution in [2.24, 2.45) is 0 Å². The van der Waals surface area contributed by atoms with Crippen molar-refractivity contribution in [3.63, 3.8) is 0 Å². The SMILES string of the molecule is CCCCOC(=O)CNN1CCCC1. The largest absolute Gasteiger partial charge is 0.465 e. The fourth-order valence-corrected chi connectivity index (χ4v) is 1.43. The maximum atomic E-state index is 11.2. The Morgan fingerprint density at radius 1 is 1.43 bits per heavy atom. The molecule has 4 heteroatoms. The van der Waals surface area contributed by atoms with E-state index < -0.39 is 0 Å². The van der Waals surface area contributed by atoms with Crippen LogP contribution in [0.15, 0.2) is 0 Å². The van der Waals surface area contributed by atoms with Crippen LogP contribution in [0.1, 0.15) is 32.6 Å². The molecule has 0 unspecified atom stereocenters. The van der Waals surface area contributed by atoms with Gasteiger partial charge < -0.3 is 4.74 Å². The minimum atomic E-state index is -0.148. The molecule has 0 aromatic rings. The molecule has 1 aliphatic rings. The van der Waals surface area contributed by atoms with Crippen molar-refractivity contribution in [3.8, 4) is 0 Å². The van der Waals surface area contributed by atoms with Crippen LogP contribution in [0.25, 0.3) is 0 Å². The molecule has 1 rings (SSSR count). The van der Waals surface area contributed by atoms with Gasteiger partial charge >= 0.3 is 5.97 Å². The minimum absolute atomic E-state index is 0.148. The highest BCUT2D eigenvalue weighted by Gasteiger charge is 2.12. The molecule has 0 aliphatic carbocycles. The lowest BCUT2D eigenvalue weighted by atomic mass is 10.4. The van der Waals surface area contributed by atoms with Crippen LogP contribution in [0.5, 0.6) is 0 Å². The number of esters is 1. The number of hydrazine groups is 1. The summed E-state index contributed by atoms with van der Waals surface area (Å²) < 4.78 is 5.01. The maximum Gasteiger partial charge on any atom is 0.321 e. The van der Waals surface area contributed by atoms with E-state index in [1.807, 2.05) is 0 Å². The summed E-state index contributed by atoms with van der Waals surface area (Å²) in [6.45, 7) is 5.03. The van der Waals surface area contributed by atoms with Gasteiger partial charge in [-0.25, -0.2) is 10.4 Å². The molecule has 1 N–H and O–H groups in total. The molecule has 1 heterocycles. The zero-order chi connectivity index (χ0) is 10.2. The van der Waals surface area contributed by atoms with Crippen LogP contribution in [-0.2, 0) is 9.53 Å². The highest BCUT2D eigenvalue weighted by molar-refractivity contribution is 5.71. The highest BCUT2D eigenvalue weighted by Crippen LogP contribution is 2.03. The Kier molecular flexibility index (Phi) is 5.56. The van der Waals surface area contributed by atoms with Crippen LogP contribution in [0.4, 0.5) is 0 Å². The van der Waals surface area contributed by atoms with E-state index in [9.17, 15) is 4.79 Å². The summed E-state index contributed by atoms with van der Waals surface area (Å²) in [6.07, 6.45) is 4.46. The molecule has 0 spiro atoms. The van der Waals surface area contributed by atoms with Crippen molar-refractivity contribution < 1.29 is 9.53 Å². The Labute approximate surface area is 85.6 Å². The van der Waals surface area contributed by atoms with E-state index in [-0.39, 0.29) is 5.97 Å². The molecule has 82 valence electrons. The second kappa shape index (κ2) is 6.79. The van der Waals surface area contributed by atoms with Crippen LogP contribution >= 0.6 is 0 Å². The zero-order valence-electron chi connectivity index (χ0n) is 8.92. The van der Waals surface area contributed by atoms with E-state index >= 15 is 0 Å². The number of hydrogen-bond donors (Lipinski definition) is 1. The number of unbranched alkanes of at least 4 members (excludes halogenated alkanes) is 1. The van der Waals surface area contributed by atoms with Crippen molar-refractivity contribution in [2.45, 2.75) is 32.6 Å². The molecule has 1 aliphatic heterocycles. The lowest BCUT2D eigenvalue weighted by Gasteiger charge is -2.15. The van der Waals surface area contributed by atoms with Gasteiger partial charge in [0.25, 0.3) is 0 Å². The van der Waals surface area contributed by atoms with Gasteiger partial charge in [-0.1, -0.05) is 13.3 Å². The average molecular weight is 200 g/mol. The molecular formula is C10H20N2O2. The van der Waals surface area contributed by atoms with Gasteiger partial charge in [-0.3, -0.25) is 4.79 Å². The predicted molar refractivity (Wildman–Crippen MR) is 54.7 cm³/mol. The molecular weight excluding hydrogens is 180 g/mol. The van der Waals surface area contributed by atoms with E-state index in [4.69, 9.17) is 4.74 Å². The van der Waals surface area contributed by atoms with Gasteiger partial charge in [0, 0.05) is 13.1 Å². The van der Waals surface area contributed by atoms with Crippen molar-refractivity contribution >= 4 is 5.97 Å². The molecule has 0 radical (unpaired) electrons. The molecule has 4 nitrogen and oxygen atoms in total. The molecule has 0 aromatic heterocycles.